The molecule has 19 heavy (non-hydrogen) atoms. The van der Waals surface area contributed by atoms with E-state index in [2.05, 4.69) is 5.43 Å². The number of rotatable bonds is 5. The molecule has 1 saturated heterocycles. The minimum atomic E-state index is 0.255. The Labute approximate surface area is 117 Å². The zero-order valence-electron chi connectivity index (χ0n) is 12.2. The van der Waals surface area contributed by atoms with E-state index < -0.39 is 0 Å². The first-order valence-corrected chi connectivity index (χ1v) is 8.41. The average molecular weight is 266 g/mol. The van der Waals surface area contributed by atoms with Gasteiger partial charge in [-0.25, -0.2) is 0 Å². The van der Waals surface area contributed by atoms with Gasteiger partial charge in [-0.1, -0.05) is 25.7 Å². The molecule has 0 aromatic carbocycles. The van der Waals surface area contributed by atoms with Gasteiger partial charge in [0.1, 0.15) is 0 Å². The third-order valence-corrected chi connectivity index (χ3v) is 5.94. The Kier molecular flexibility index (Phi) is 4.45. The zero-order chi connectivity index (χ0) is 13.1. The van der Waals surface area contributed by atoms with E-state index in [4.69, 9.17) is 10.6 Å². The monoisotopic (exact) mass is 266 g/mol. The maximum Gasteiger partial charge on any atom is 0.0685 e. The van der Waals surface area contributed by atoms with Crippen LogP contribution in [0.25, 0.3) is 0 Å². The summed E-state index contributed by atoms with van der Waals surface area (Å²) in [6.07, 6.45) is 14.8. The van der Waals surface area contributed by atoms with Crippen molar-refractivity contribution in [2.24, 2.45) is 17.7 Å². The molecule has 1 aliphatic heterocycles. The molecule has 0 amide bonds. The van der Waals surface area contributed by atoms with Gasteiger partial charge in [0.25, 0.3) is 0 Å². The Morgan fingerprint density at radius 3 is 2.58 bits per heavy atom. The fourth-order valence-corrected chi connectivity index (χ4v) is 4.50. The highest BCUT2D eigenvalue weighted by Gasteiger charge is 2.44. The second-order valence-electron chi connectivity index (χ2n) is 7.14. The lowest BCUT2D eigenvalue weighted by Crippen LogP contribution is -2.51. The molecular formula is C16H30N2O. The highest BCUT2D eigenvalue weighted by Crippen LogP contribution is 2.45. The molecule has 2 saturated carbocycles. The lowest BCUT2D eigenvalue weighted by Gasteiger charge is -2.48. The summed E-state index contributed by atoms with van der Waals surface area (Å²) in [5.41, 5.74) is 3.38. The quantitative estimate of drug-likeness (QED) is 0.593. The van der Waals surface area contributed by atoms with E-state index >= 15 is 0 Å². The third-order valence-electron chi connectivity index (χ3n) is 5.94. The topological polar surface area (TPSA) is 47.3 Å². The molecule has 3 rings (SSSR count). The summed E-state index contributed by atoms with van der Waals surface area (Å²) in [7, 11) is 0. The second-order valence-corrected chi connectivity index (χ2v) is 7.14. The maximum atomic E-state index is 6.04. The first-order valence-electron chi connectivity index (χ1n) is 8.41. The summed E-state index contributed by atoms with van der Waals surface area (Å²) in [6, 6.07) is 0.516. The van der Waals surface area contributed by atoms with Crippen LogP contribution in [0.2, 0.25) is 0 Å². The largest absolute Gasteiger partial charge is 0.375 e. The van der Waals surface area contributed by atoms with Crippen molar-refractivity contribution < 1.29 is 4.74 Å². The van der Waals surface area contributed by atoms with Gasteiger partial charge in [0.2, 0.25) is 0 Å². The maximum absolute atomic E-state index is 6.04. The van der Waals surface area contributed by atoms with Crippen LogP contribution in [-0.4, -0.2) is 18.2 Å². The normalized spacial score (nSPS) is 32.4. The van der Waals surface area contributed by atoms with Gasteiger partial charge < -0.3 is 4.74 Å². The molecule has 3 N–H and O–H groups in total. The van der Waals surface area contributed by atoms with E-state index in [-0.39, 0.29) is 5.60 Å². The van der Waals surface area contributed by atoms with Crippen LogP contribution in [0.3, 0.4) is 0 Å². The van der Waals surface area contributed by atoms with Crippen LogP contribution in [-0.2, 0) is 4.74 Å². The summed E-state index contributed by atoms with van der Waals surface area (Å²) in [5, 5.41) is 0. The van der Waals surface area contributed by atoms with Crippen LogP contribution in [0.1, 0.15) is 70.6 Å². The average Bonchev–Trinajstić information content (AvgIpc) is 2.91. The smallest absolute Gasteiger partial charge is 0.0685 e. The van der Waals surface area contributed by atoms with E-state index in [9.17, 15) is 0 Å². The highest BCUT2D eigenvalue weighted by atomic mass is 16.5. The van der Waals surface area contributed by atoms with E-state index in [1.807, 2.05) is 0 Å². The number of hydrogen-bond acceptors (Lipinski definition) is 3. The number of hydrazine groups is 1. The van der Waals surface area contributed by atoms with Crippen LogP contribution in [0.5, 0.6) is 0 Å². The van der Waals surface area contributed by atoms with Gasteiger partial charge in [0, 0.05) is 12.6 Å². The number of ether oxygens (including phenoxy) is 1. The van der Waals surface area contributed by atoms with Crippen molar-refractivity contribution >= 4 is 0 Å². The summed E-state index contributed by atoms with van der Waals surface area (Å²) in [5.74, 6) is 7.56. The summed E-state index contributed by atoms with van der Waals surface area (Å²) in [4.78, 5) is 0. The van der Waals surface area contributed by atoms with Crippen molar-refractivity contribution in [3.63, 3.8) is 0 Å². The fourth-order valence-electron chi connectivity index (χ4n) is 4.50. The molecule has 0 bridgehead atoms. The van der Waals surface area contributed by atoms with Crippen LogP contribution >= 0.6 is 0 Å². The molecule has 2 unspecified atom stereocenters. The Morgan fingerprint density at radius 2 is 1.95 bits per heavy atom. The van der Waals surface area contributed by atoms with E-state index in [1.54, 1.807) is 0 Å². The summed E-state index contributed by atoms with van der Waals surface area (Å²) < 4.78 is 6.04. The van der Waals surface area contributed by atoms with Crippen molar-refractivity contribution in [1.29, 1.82) is 0 Å². The lowest BCUT2D eigenvalue weighted by molar-refractivity contribution is -0.147. The summed E-state index contributed by atoms with van der Waals surface area (Å²) >= 11 is 0. The molecule has 3 aliphatic rings. The molecule has 1 spiro atoms. The van der Waals surface area contributed by atoms with Crippen molar-refractivity contribution in [1.82, 2.24) is 5.43 Å². The van der Waals surface area contributed by atoms with Crippen LogP contribution in [0.4, 0.5) is 0 Å². The number of nitrogens with one attached hydrogen (secondary N) is 1. The molecule has 0 radical (unpaired) electrons. The molecule has 0 aromatic heterocycles. The van der Waals surface area contributed by atoms with Crippen molar-refractivity contribution in [2.45, 2.75) is 82.3 Å². The minimum absolute atomic E-state index is 0.255. The molecule has 110 valence electrons. The van der Waals surface area contributed by atoms with Gasteiger partial charge in [0.15, 0.2) is 0 Å². The van der Waals surface area contributed by atoms with Gasteiger partial charge in [-0.3, -0.25) is 11.3 Å². The molecule has 3 nitrogen and oxygen atoms in total. The zero-order valence-corrected chi connectivity index (χ0v) is 12.2. The second kappa shape index (κ2) is 6.11. The Morgan fingerprint density at radius 1 is 1.16 bits per heavy atom. The third kappa shape index (κ3) is 3.14. The van der Waals surface area contributed by atoms with E-state index in [0.717, 1.165) is 18.4 Å². The molecule has 2 atom stereocenters. The fraction of sp³-hybridized carbons (Fsp3) is 1.00. The van der Waals surface area contributed by atoms with Crippen LogP contribution < -0.4 is 11.3 Å². The first-order chi connectivity index (χ1) is 9.31. The number of hydrogen-bond donors (Lipinski definition) is 2. The molecular weight excluding hydrogens is 236 g/mol. The van der Waals surface area contributed by atoms with Gasteiger partial charge >= 0.3 is 0 Å². The van der Waals surface area contributed by atoms with E-state index in [1.165, 1.54) is 70.6 Å². The van der Waals surface area contributed by atoms with Crippen LogP contribution in [0.15, 0.2) is 0 Å². The molecule has 3 heteroatoms. The Bertz CT molecular complexity index is 284. The molecule has 2 aliphatic carbocycles. The van der Waals surface area contributed by atoms with Crippen molar-refractivity contribution in [3.8, 4) is 0 Å². The SMILES string of the molecule is NNC(CCC1CCCC1)C1CCOC2(CCC2)C1. The minimum Gasteiger partial charge on any atom is -0.375 e. The van der Waals surface area contributed by atoms with Gasteiger partial charge in [0.05, 0.1) is 5.60 Å². The predicted octanol–water partition coefficient (Wildman–Crippen LogP) is 3.14. The van der Waals surface area contributed by atoms with Crippen LogP contribution in [0, 0.1) is 11.8 Å². The van der Waals surface area contributed by atoms with Crippen molar-refractivity contribution in [2.75, 3.05) is 6.61 Å². The number of nitrogens with two attached hydrogens (primary N) is 1. The van der Waals surface area contributed by atoms with Crippen molar-refractivity contribution in [3.05, 3.63) is 0 Å². The van der Waals surface area contributed by atoms with Gasteiger partial charge in [-0.15, -0.1) is 0 Å². The predicted molar refractivity (Wildman–Crippen MR) is 77.6 cm³/mol. The Balaban J connectivity index is 1.49. The Hall–Kier alpha value is -0.120. The first kappa shape index (κ1) is 13.8. The van der Waals surface area contributed by atoms with Gasteiger partial charge in [-0.2, -0.15) is 0 Å². The molecule has 1 heterocycles. The molecule has 3 fully saturated rings. The van der Waals surface area contributed by atoms with Gasteiger partial charge in [-0.05, 0) is 56.8 Å². The lowest BCUT2D eigenvalue weighted by atomic mass is 9.70. The highest BCUT2D eigenvalue weighted by molar-refractivity contribution is 4.96. The van der Waals surface area contributed by atoms with E-state index in [0.29, 0.717) is 6.04 Å². The molecule has 0 aromatic rings. The standard InChI is InChI=1S/C16H30N2O/c17-18-15(7-6-13-4-1-2-5-13)14-8-11-19-16(12-14)9-3-10-16/h13-15,18H,1-12,17H2. The summed E-state index contributed by atoms with van der Waals surface area (Å²) in [6.45, 7) is 0.951.